The maximum Gasteiger partial charge on any atom is 0.123 e. The van der Waals surface area contributed by atoms with Crippen LogP contribution in [-0.4, -0.2) is 0 Å². The lowest BCUT2D eigenvalue weighted by Gasteiger charge is -2.11. The highest BCUT2D eigenvalue weighted by Gasteiger charge is 2.03. The molecular formula is C14H15F. The summed E-state index contributed by atoms with van der Waals surface area (Å²) in [5, 5.41) is 0. The van der Waals surface area contributed by atoms with Crippen LogP contribution in [0.3, 0.4) is 0 Å². The zero-order chi connectivity index (χ0) is 10.5. The normalized spacial score (nSPS) is 21.0. The lowest BCUT2D eigenvalue weighted by atomic mass is 9.95. The molecule has 0 saturated heterocycles. The molecule has 78 valence electrons. The number of rotatable bonds is 2. The first-order chi connectivity index (χ1) is 7.34. The molecule has 1 aliphatic carbocycles. The standard InChI is InChI=1S/C14H15F/c15-14-10-8-13(9-11-14)7-6-12-4-2-1-3-5-12/h2,4,6-12H,1,3,5H2/b7-6+/t12-/m0/s1. The van der Waals surface area contributed by atoms with Gasteiger partial charge in [-0.25, -0.2) is 4.39 Å². The molecule has 0 saturated carbocycles. The van der Waals surface area contributed by atoms with Gasteiger partial charge in [0.25, 0.3) is 0 Å². The van der Waals surface area contributed by atoms with Crippen LogP contribution in [-0.2, 0) is 0 Å². The Hall–Kier alpha value is -1.37. The summed E-state index contributed by atoms with van der Waals surface area (Å²) in [6, 6.07) is 6.60. The van der Waals surface area contributed by atoms with Crippen molar-refractivity contribution in [2.24, 2.45) is 5.92 Å². The number of allylic oxidation sites excluding steroid dienone is 3. The maximum absolute atomic E-state index is 12.6. The van der Waals surface area contributed by atoms with Gasteiger partial charge in [-0.05, 0) is 42.9 Å². The van der Waals surface area contributed by atoms with Gasteiger partial charge < -0.3 is 0 Å². The Morgan fingerprint density at radius 1 is 1.20 bits per heavy atom. The molecular weight excluding hydrogens is 187 g/mol. The van der Waals surface area contributed by atoms with Crippen LogP contribution in [0.4, 0.5) is 4.39 Å². The average molecular weight is 202 g/mol. The van der Waals surface area contributed by atoms with Gasteiger partial charge in [-0.1, -0.05) is 36.4 Å². The predicted octanol–water partition coefficient (Wildman–Crippen LogP) is 4.20. The smallest absolute Gasteiger partial charge is 0.123 e. The van der Waals surface area contributed by atoms with E-state index in [1.807, 2.05) is 0 Å². The monoisotopic (exact) mass is 202 g/mol. The van der Waals surface area contributed by atoms with Gasteiger partial charge in [-0.3, -0.25) is 0 Å². The first-order valence-corrected chi connectivity index (χ1v) is 5.45. The Bertz CT molecular complexity index is 359. The molecule has 2 rings (SSSR count). The molecule has 1 atom stereocenters. The zero-order valence-electron chi connectivity index (χ0n) is 8.70. The molecule has 0 N–H and O–H groups in total. The molecule has 0 fully saturated rings. The average Bonchev–Trinajstić information content (AvgIpc) is 2.30. The Kier molecular flexibility index (Phi) is 3.33. The lowest BCUT2D eigenvalue weighted by molar-refractivity contribution is 0.627. The van der Waals surface area contributed by atoms with E-state index in [2.05, 4.69) is 24.3 Å². The molecule has 0 unspecified atom stereocenters. The summed E-state index contributed by atoms with van der Waals surface area (Å²) >= 11 is 0. The molecule has 0 bridgehead atoms. The molecule has 15 heavy (non-hydrogen) atoms. The van der Waals surface area contributed by atoms with E-state index >= 15 is 0 Å². The van der Waals surface area contributed by atoms with E-state index in [-0.39, 0.29) is 5.82 Å². The van der Waals surface area contributed by atoms with Crippen LogP contribution >= 0.6 is 0 Å². The fourth-order valence-electron chi connectivity index (χ4n) is 1.81. The molecule has 1 aromatic rings. The maximum atomic E-state index is 12.6. The van der Waals surface area contributed by atoms with Crippen LogP contribution in [0.15, 0.2) is 42.5 Å². The third-order valence-electron chi connectivity index (χ3n) is 2.70. The van der Waals surface area contributed by atoms with Gasteiger partial charge in [0.2, 0.25) is 0 Å². The Morgan fingerprint density at radius 2 is 2.00 bits per heavy atom. The molecule has 1 heteroatoms. The van der Waals surface area contributed by atoms with Crippen LogP contribution in [0.2, 0.25) is 0 Å². The Morgan fingerprint density at radius 3 is 2.67 bits per heavy atom. The number of hydrogen-bond donors (Lipinski definition) is 0. The van der Waals surface area contributed by atoms with E-state index in [1.165, 1.54) is 31.4 Å². The second-order valence-corrected chi connectivity index (χ2v) is 3.93. The summed E-state index contributed by atoms with van der Waals surface area (Å²) in [6.45, 7) is 0. The summed E-state index contributed by atoms with van der Waals surface area (Å²) in [6.07, 6.45) is 12.5. The third kappa shape index (κ3) is 3.05. The predicted molar refractivity (Wildman–Crippen MR) is 61.9 cm³/mol. The summed E-state index contributed by atoms with van der Waals surface area (Å²) < 4.78 is 12.6. The largest absolute Gasteiger partial charge is 0.207 e. The van der Waals surface area contributed by atoms with E-state index in [9.17, 15) is 4.39 Å². The van der Waals surface area contributed by atoms with Gasteiger partial charge in [0, 0.05) is 0 Å². The molecule has 0 radical (unpaired) electrons. The van der Waals surface area contributed by atoms with Crippen molar-refractivity contribution in [2.75, 3.05) is 0 Å². The van der Waals surface area contributed by atoms with Crippen LogP contribution < -0.4 is 0 Å². The highest BCUT2D eigenvalue weighted by Crippen LogP contribution is 2.19. The van der Waals surface area contributed by atoms with Crippen LogP contribution in [0.1, 0.15) is 24.8 Å². The van der Waals surface area contributed by atoms with E-state index in [0.717, 1.165) is 5.56 Å². The summed E-state index contributed by atoms with van der Waals surface area (Å²) in [5.41, 5.74) is 1.07. The van der Waals surface area contributed by atoms with E-state index < -0.39 is 0 Å². The van der Waals surface area contributed by atoms with Crippen molar-refractivity contribution in [3.05, 3.63) is 53.9 Å². The minimum absolute atomic E-state index is 0.176. The van der Waals surface area contributed by atoms with Gasteiger partial charge in [0.1, 0.15) is 5.82 Å². The highest BCUT2D eigenvalue weighted by atomic mass is 19.1. The van der Waals surface area contributed by atoms with Crippen molar-refractivity contribution < 1.29 is 4.39 Å². The fourth-order valence-corrected chi connectivity index (χ4v) is 1.81. The van der Waals surface area contributed by atoms with Crippen LogP contribution in [0, 0.1) is 11.7 Å². The van der Waals surface area contributed by atoms with Gasteiger partial charge in [0.15, 0.2) is 0 Å². The second kappa shape index (κ2) is 4.92. The minimum Gasteiger partial charge on any atom is -0.207 e. The highest BCUT2D eigenvalue weighted by molar-refractivity contribution is 5.49. The summed E-state index contributed by atoms with van der Waals surface area (Å²) in [5.74, 6) is 0.383. The van der Waals surface area contributed by atoms with Crippen LogP contribution in [0.25, 0.3) is 6.08 Å². The van der Waals surface area contributed by atoms with Crippen molar-refractivity contribution in [3.8, 4) is 0 Å². The number of benzene rings is 1. The molecule has 1 aliphatic rings. The fraction of sp³-hybridized carbons (Fsp3) is 0.286. The molecule has 1 aromatic carbocycles. The van der Waals surface area contributed by atoms with Crippen molar-refractivity contribution >= 4 is 6.08 Å². The number of hydrogen-bond acceptors (Lipinski definition) is 0. The summed E-state index contributed by atoms with van der Waals surface area (Å²) in [7, 11) is 0. The zero-order valence-corrected chi connectivity index (χ0v) is 8.70. The number of halogens is 1. The van der Waals surface area contributed by atoms with Gasteiger partial charge in [0.05, 0.1) is 0 Å². The van der Waals surface area contributed by atoms with Crippen LogP contribution in [0.5, 0.6) is 0 Å². The second-order valence-electron chi connectivity index (χ2n) is 3.93. The molecule has 0 nitrogen and oxygen atoms in total. The first-order valence-electron chi connectivity index (χ1n) is 5.45. The van der Waals surface area contributed by atoms with Crippen molar-refractivity contribution in [1.82, 2.24) is 0 Å². The van der Waals surface area contributed by atoms with E-state index in [0.29, 0.717) is 5.92 Å². The SMILES string of the molecule is Fc1ccc(/C=C/[C@H]2C=CCCC2)cc1. The van der Waals surface area contributed by atoms with Crippen molar-refractivity contribution in [1.29, 1.82) is 0 Å². The first kappa shape index (κ1) is 10.2. The third-order valence-corrected chi connectivity index (χ3v) is 2.70. The van der Waals surface area contributed by atoms with Gasteiger partial charge in [-0.2, -0.15) is 0 Å². The lowest BCUT2D eigenvalue weighted by Crippen LogP contribution is -1.95. The Labute approximate surface area is 90.1 Å². The molecule has 0 heterocycles. The summed E-state index contributed by atoms with van der Waals surface area (Å²) in [4.78, 5) is 0. The quantitative estimate of drug-likeness (QED) is 0.631. The topological polar surface area (TPSA) is 0 Å². The van der Waals surface area contributed by atoms with Crippen molar-refractivity contribution in [3.63, 3.8) is 0 Å². The molecule has 0 spiro atoms. The van der Waals surface area contributed by atoms with Crippen molar-refractivity contribution in [2.45, 2.75) is 19.3 Å². The van der Waals surface area contributed by atoms with Gasteiger partial charge in [-0.15, -0.1) is 0 Å². The Balaban J connectivity index is 2.01. The minimum atomic E-state index is -0.176. The van der Waals surface area contributed by atoms with E-state index in [1.54, 1.807) is 12.1 Å². The van der Waals surface area contributed by atoms with Gasteiger partial charge >= 0.3 is 0 Å². The molecule has 0 amide bonds. The van der Waals surface area contributed by atoms with E-state index in [4.69, 9.17) is 0 Å². The molecule has 0 aromatic heterocycles. The molecule has 0 aliphatic heterocycles.